The molecule has 194 valence electrons. The number of carbonyl (C=O) groups excluding carboxylic acids is 1. The molecule has 1 amide bonds. The predicted molar refractivity (Wildman–Crippen MR) is 148 cm³/mol. The minimum Gasteiger partial charge on any atom is -0.378 e. The van der Waals surface area contributed by atoms with E-state index in [2.05, 4.69) is 46.4 Å². The predicted octanol–water partition coefficient (Wildman–Crippen LogP) is 6.03. The zero-order chi connectivity index (χ0) is 26.5. The van der Waals surface area contributed by atoms with Crippen LogP contribution in [0.25, 0.3) is 11.3 Å². The number of rotatable bonds is 7. The van der Waals surface area contributed by atoms with Gasteiger partial charge in [-0.05, 0) is 61.2 Å². The molecule has 1 aliphatic rings. The maximum Gasteiger partial charge on any atom is 0.258 e. The van der Waals surface area contributed by atoms with E-state index in [0.29, 0.717) is 12.1 Å². The molecule has 1 atom stereocenters. The van der Waals surface area contributed by atoms with Gasteiger partial charge in [-0.25, -0.2) is 9.37 Å². The highest BCUT2D eigenvalue weighted by atomic mass is 19.1. The molecule has 1 N–H and O–H groups in total. The standard InChI is InChI=1S/C31H31FN4O2/c1-21-9-10-29(32)28(15-21)31(37)35-25-7-3-5-23(17-25)22(2)16-26-19-33-20-30(34-26)24-6-4-8-27(18-24)36-11-13-38-14-12-36/h3-10,15,17-20,22H,11-14,16H2,1-2H3,(H,35,37)/t22-/m1/s1. The van der Waals surface area contributed by atoms with Gasteiger partial charge in [0.2, 0.25) is 0 Å². The molecule has 0 spiro atoms. The van der Waals surface area contributed by atoms with Gasteiger partial charge < -0.3 is 15.0 Å². The monoisotopic (exact) mass is 510 g/mol. The summed E-state index contributed by atoms with van der Waals surface area (Å²) in [6.07, 6.45) is 4.29. The zero-order valence-corrected chi connectivity index (χ0v) is 21.7. The van der Waals surface area contributed by atoms with Crippen LogP contribution in [0.3, 0.4) is 0 Å². The molecule has 1 saturated heterocycles. The van der Waals surface area contributed by atoms with Gasteiger partial charge in [0.1, 0.15) is 5.82 Å². The van der Waals surface area contributed by atoms with E-state index >= 15 is 0 Å². The lowest BCUT2D eigenvalue weighted by molar-refractivity contribution is 0.102. The molecule has 0 radical (unpaired) electrons. The number of nitrogens with zero attached hydrogens (tertiary/aromatic N) is 3. The zero-order valence-electron chi connectivity index (χ0n) is 21.7. The summed E-state index contributed by atoms with van der Waals surface area (Å²) in [6, 6.07) is 20.6. The van der Waals surface area contributed by atoms with Gasteiger partial charge in [-0.15, -0.1) is 0 Å². The van der Waals surface area contributed by atoms with Gasteiger partial charge in [0.25, 0.3) is 5.91 Å². The third kappa shape index (κ3) is 6.06. The summed E-state index contributed by atoms with van der Waals surface area (Å²) in [4.78, 5) is 24.4. The summed E-state index contributed by atoms with van der Waals surface area (Å²) in [5, 5.41) is 2.83. The number of hydrogen-bond donors (Lipinski definition) is 1. The average Bonchev–Trinajstić information content (AvgIpc) is 2.95. The van der Waals surface area contributed by atoms with Gasteiger partial charge in [0, 0.05) is 36.2 Å². The summed E-state index contributed by atoms with van der Waals surface area (Å²) in [5.41, 5.74) is 6.46. The van der Waals surface area contributed by atoms with Gasteiger partial charge in [-0.2, -0.15) is 0 Å². The van der Waals surface area contributed by atoms with Crippen LogP contribution in [0.15, 0.2) is 79.1 Å². The van der Waals surface area contributed by atoms with Crippen molar-refractivity contribution in [3.8, 4) is 11.3 Å². The molecular weight excluding hydrogens is 479 g/mol. The van der Waals surface area contributed by atoms with Crippen LogP contribution >= 0.6 is 0 Å². The molecule has 3 aromatic carbocycles. The van der Waals surface area contributed by atoms with Crippen LogP contribution in [0.2, 0.25) is 0 Å². The summed E-state index contributed by atoms with van der Waals surface area (Å²) < 4.78 is 19.6. The van der Waals surface area contributed by atoms with E-state index in [9.17, 15) is 9.18 Å². The Hall–Kier alpha value is -4.10. The maximum absolute atomic E-state index is 14.2. The second-order valence-electron chi connectivity index (χ2n) is 9.71. The highest BCUT2D eigenvalue weighted by molar-refractivity contribution is 6.04. The van der Waals surface area contributed by atoms with E-state index in [1.165, 1.54) is 6.07 Å². The van der Waals surface area contributed by atoms with Gasteiger partial charge in [0.05, 0.1) is 36.4 Å². The van der Waals surface area contributed by atoms with Crippen molar-refractivity contribution in [1.29, 1.82) is 0 Å². The van der Waals surface area contributed by atoms with Crippen LogP contribution in [0.5, 0.6) is 0 Å². The number of ether oxygens (including phenoxy) is 1. The van der Waals surface area contributed by atoms with Crippen LogP contribution < -0.4 is 10.2 Å². The smallest absolute Gasteiger partial charge is 0.258 e. The number of benzene rings is 3. The highest BCUT2D eigenvalue weighted by Crippen LogP contribution is 2.26. The Morgan fingerprint density at radius 3 is 2.71 bits per heavy atom. The number of carbonyl (C=O) groups is 1. The van der Waals surface area contributed by atoms with Crippen LogP contribution in [0.1, 0.15) is 40.0 Å². The molecule has 6 nitrogen and oxygen atoms in total. The lowest BCUT2D eigenvalue weighted by Crippen LogP contribution is -2.36. The SMILES string of the molecule is Cc1ccc(F)c(C(=O)Nc2cccc([C@H](C)Cc3cncc(-c4cccc(N5CCOCC5)c4)n3)c2)c1. The number of morpholine rings is 1. The van der Waals surface area contributed by atoms with E-state index in [1.54, 1.807) is 24.5 Å². The third-order valence-corrected chi connectivity index (χ3v) is 6.80. The van der Waals surface area contributed by atoms with Crippen molar-refractivity contribution in [2.24, 2.45) is 0 Å². The Bertz CT molecular complexity index is 1440. The first-order chi connectivity index (χ1) is 18.5. The number of aromatic nitrogens is 2. The summed E-state index contributed by atoms with van der Waals surface area (Å²) in [7, 11) is 0. The fraction of sp³-hybridized carbons (Fsp3) is 0.258. The minimum atomic E-state index is -0.536. The minimum absolute atomic E-state index is 0.0354. The Labute approximate surface area is 222 Å². The van der Waals surface area contributed by atoms with Gasteiger partial charge in [-0.1, -0.05) is 42.8 Å². The Morgan fingerprint density at radius 2 is 1.87 bits per heavy atom. The molecule has 0 aliphatic carbocycles. The summed E-state index contributed by atoms with van der Waals surface area (Å²) in [5.74, 6) is -0.868. The molecule has 38 heavy (non-hydrogen) atoms. The molecule has 1 aliphatic heterocycles. The third-order valence-electron chi connectivity index (χ3n) is 6.80. The molecule has 2 heterocycles. The number of hydrogen-bond acceptors (Lipinski definition) is 5. The van der Waals surface area contributed by atoms with Crippen LogP contribution in [0.4, 0.5) is 15.8 Å². The molecule has 7 heteroatoms. The van der Waals surface area contributed by atoms with Crippen LogP contribution in [0, 0.1) is 12.7 Å². The van der Waals surface area contributed by atoms with Crippen LogP contribution in [-0.4, -0.2) is 42.2 Å². The van der Waals surface area contributed by atoms with Crippen molar-refractivity contribution in [1.82, 2.24) is 9.97 Å². The topological polar surface area (TPSA) is 67.4 Å². The molecule has 1 aromatic heterocycles. The quantitative estimate of drug-likeness (QED) is 0.329. The van der Waals surface area contributed by atoms with Gasteiger partial charge in [0.15, 0.2) is 0 Å². The second-order valence-corrected chi connectivity index (χ2v) is 9.71. The number of amides is 1. The fourth-order valence-electron chi connectivity index (χ4n) is 4.69. The number of anilines is 2. The van der Waals surface area contributed by atoms with Crippen molar-refractivity contribution in [2.45, 2.75) is 26.2 Å². The number of aryl methyl sites for hydroxylation is 1. The first-order valence-corrected chi connectivity index (χ1v) is 12.9. The Kier molecular flexibility index (Phi) is 7.75. The van der Waals surface area contributed by atoms with E-state index in [0.717, 1.165) is 60.1 Å². The van der Waals surface area contributed by atoms with E-state index in [4.69, 9.17) is 9.72 Å². The van der Waals surface area contributed by atoms with Crippen molar-refractivity contribution in [3.63, 3.8) is 0 Å². The van der Waals surface area contributed by atoms with E-state index in [1.807, 2.05) is 31.2 Å². The van der Waals surface area contributed by atoms with Crippen molar-refractivity contribution >= 4 is 17.3 Å². The van der Waals surface area contributed by atoms with Crippen molar-refractivity contribution in [3.05, 3.63) is 107 Å². The summed E-state index contributed by atoms with van der Waals surface area (Å²) >= 11 is 0. The normalized spacial score (nSPS) is 14.2. The van der Waals surface area contributed by atoms with Gasteiger partial charge >= 0.3 is 0 Å². The molecule has 0 saturated carbocycles. The Balaban J connectivity index is 1.29. The lowest BCUT2D eigenvalue weighted by atomic mass is 9.95. The maximum atomic E-state index is 14.2. The number of halogens is 1. The molecule has 1 fully saturated rings. The highest BCUT2D eigenvalue weighted by Gasteiger charge is 2.15. The fourth-order valence-corrected chi connectivity index (χ4v) is 4.69. The van der Waals surface area contributed by atoms with Crippen molar-refractivity contribution in [2.75, 3.05) is 36.5 Å². The van der Waals surface area contributed by atoms with Crippen LogP contribution in [-0.2, 0) is 11.2 Å². The van der Waals surface area contributed by atoms with E-state index in [-0.39, 0.29) is 11.5 Å². The molecule has 4 aromatic rings. The van der Waals surface area contributed by atoms with Crippen molar-refractivity contribution < 1.29 is 13.9 Å². The second kappa shape index (κ2) is 11.5. The molecule has 0 bridgehead atoms. The lowest BCUT2D eigenvalue weighted by Gasteiger charge is -2.29. The summed E-state index contributed by atoms with van der Waals surface area (Å²) in [6.45, 7) is 7.19. The average molecular weight is 511 g/mol. The molecular formula is C31H31FN4O2. The molecule has 0 unspecified atom stereocenters. The van der Waals surface area contributed by atoms with E-state index < -0.39 is 11.7 Å². The number of nitrogens with one attached hydrogen (secondary N) is 1. The largest absolute Gasteiger partial charge is 0.378 e. The van der Waals surface area contributed by atoms with Gasteiger partial charge in [-0.3, -0.25) is 9.78 Å². The first kappa shape index (κ1) is 25.5. The Morgan fingerprint density at radius 1 is 1.05 bits per heavy atom. The first-order valence-electron chi connectivity index (χ1n) is 12.9. The molecule has 5 rings (SSSR count).